The molecule has 0 bridgehead atoms. The van der Waals surface area contributed by atoms with Crippen LogP contribution in [0.15, 0.2) is 12.2 Å². The monoisotopic (exact) mass is 223 g/mol. The predicted molar refractivity (Wildman–Crippen MR) is 68.7 cm³/mol. The van der Waals surface area contributed by atoms with E-state index in [1.165, 1.54) is 44.6 Å². The SMILES string of the molecule is C=C(CN1CCNCC1)C1CCCN1CC. The highest BCUT2D eigenvalue weighted by molar-refractivity contribution is 5.10. The lowest BCUT2D eigenvalue weighted by molar-refractivity contribution is 0.234. The Morgan fingerprint density at radius 1 is 1.31 bits per heavy atom. The van der Waals surface area contributed by atoms with E-state index >= 15 is 0 Å². The van der Waals surface area contributed by atoms with Gasteiger partial charge in [-0.3, -0.25) is 9.80 Å². The maximum Gasteiger partial charge on any atom is 0.0317 e. The minimum atomic E-state index is 0.653. The van der Waals surface area contributed by atoms with Crippen molar-refractivity contribution in [3.05, 3.63) is 12.2 Å². The molecule has 0 saturated carbocycles. The smallest absolute Gasteiger partial charge is 0.0317 e. The Morgan fingerprint density at radius 2 is 2.06 bits per heavy atom. The van der Waals surface area contributed by atoms with E-state index in [0.29, 0.717) is 6.04 Å². The van der Waals surface area contributed by atoms with Crippen molar-refractivity contribution in [2.75, 3.05) is 45.8 Å². The highest BCUT2D eigenvalue weighted by Gasteiger charge is 2.26. The summed E-state index contributed by atoms with van der Waals surface area (Å²) in [5, 5.41) is 3.40. The second-order valence-electron chi connectivity index (χ2n) is 4.97. The zero-order valence-corrected chi connectivity index (χ0v) is 10.5. The Kier molecular flexibility index (Phi) is 4.38. The summed E-state index contributed by atoms with van der Waals surface area (Å²) in [6.07, 6.45) is 2.66. The first-order valence-electron chi connectivity index (χ1n) is 6.66. The number of hydrogen-bond donors (Lipinski definition) is 1. The zero-order chi connectivity index (χ0) is 11.4. The molecule has 1 unspecified atom stereocenters. The highest BCUT2D eigenvalue weighted by atomic mass is 15.2. The van der Waals surface area contributed by atoms with E-state index in [0.717, 1.165) is 19.6 Å². The van der Waals surface area contributed by atoms with Gasteiger partial charge in [0.05, 0.1) is 0 Å². The quantitative estimate of drug-likeness (QED) is 0.715. The van der Waals surface area contributed by atoms with Gasteiger partial charge in [0.15, 0.2) is 0 Å². The first kappa shape index (κ1) is 12.1. The lowest BCUT2D eigenvalue weighted by atomic mass is 10.1. The van der Waals surface area contributed by atoms with E-state index in [4.69, 9.17) is 0 Å². The summed E-state index contributed by atoms with van der Waals surface area (Å²) in [5.41, 5.74) is 1.43. The average molecular weight is 223 g/mol. The normalized spacial score (nSPS) is 28.4. The molecule has 2 heterocycles. The Bertz CT molecular complexity index is 233. The molecule has 0 aromatic rings. The lowest BCUT2D eigenvalue weighted by Crippen LogP contribution is -2.45. The third-order valence-corrected chi connectivity index (χ3v) is 3.88. The molecular weight excluding hydrogens is 198 g/mol. The van der Waals surface area contributed by atoms with Crippen LogP contribution in [0.3, 0.4) is 0 Å². The number of nitrogens with zero attached hydrogens (tertiary/aromatic N) is 2. The average Bonchev–Trinajstić information content (AvgIpc) is 2.78. The van der Waals surface area contributed by atoms with E-state index in [1.807, 2.05) is 0 Å². The van der Waals surface area contributed by atoms with Crippen LogP contribution in [0, 0.1) is 0 Å². The van der Waals surface area contributed by atoms with Crippen LogP contribution in [0.2, 0.25) is 0 Å². The van der Waals surface area contributed by atoms with Crippen molar-refractivity contribution >= 4 is 0 Å². The van der Waals surface area contributed by atoms with Crippen LogP contribution >= 0.6 is 0 Å². The molecule has 92 valence electrons. The van der Waals surface area contributed by atoms with E-state index in [2.05, 4.69) is 28.6 Å². The minimum Gasteiger partial charge on any atom is -0.314 e. The fraction of sp³-hybridized carbons (Fsp3) is 0.846. The molecule has 1 N–H and O–H groups in total. The van der Waals surface area contributed by atoms with Crippen molar-refractivity contribution in [1.82, 2.24) is 15.1 Å². The number of likely N-dealkylation sites (tertiary alicyclic amines) is 1. The summed E-state index contributed by atoms with van der Waals surface area (Å²) in [6.45, 7) is 14.7. The molecule has 16 heavy (non-hydrogen) atoms. The summed E-state index contributed by atoms with van der Waals surface area (Å²) < 4.78 is 0. The molecule has 0 radical (unpaired) electrons. The van der Waals surface area contributed by atoms with Crippen LogP contribution in [0.5, 0.6) is 0 Å². The third-order valence-electron chi connectivity index (χ3n) is 3.88. The molecule has 2 rings (SSSR count). The molecule has 2 saturated heterocycles. The van der Waals surface area contributed by atoms with Crippen LogP contribution in [0.4, 0.5) is 0 Å². The topological polar surface area (TPSA) is 18.5 Å². The van der Waals surface area contributed by atoms with Gasteiger partial charge in [-0.2, -0.15) is 0 Å². The second kappa shape index (κ2) is 5.80. The number of hydrogen-bond acceptors (Lipinski definition) is 3. The minimum absolute atomic E-state index is 0.653. The van der Waals surface area contributed by atoms with Gasteiger partial charge in [-0.05, 0) is 31.5 Å². The third kappa shape index (κ3) is 2.84. The van der Waals surface area contributed by atoms with Crippen LogP contribution in [0.25, 0.3) is 0 Å². The molecule has 2 aliphatic rings. The molecule has 1 atom stereocenters. The Labute approximate surface area is 99.5 Å². The van der Waals surface area contributed by atoms with Crippen LogP contribution in [0.1, 0.15) is 19.8 Å². The van der Waals surface area contributed by atoms with Crippen LogP contribution < -0.4 is 5.32 Å². The predicted octanol–water partition coefficient (Wildman–Crippen LogP) is 0.932. The summed E-state index contributed by atoms with van der Waals surface area (Å²) >= 11 is 0. The molecule has 2 fully saturated rings. The largest absolute Gasteiger partial charge is 0.314 e. The number of rotatable bonds is 4. The van der Waals surface area contributed by atoms with E-state index < -0.39 is 0 Å². The van der Waals surface area contributed by atoms with Gasteiger partial charge < -0.3 is 5.32 Å². The van der Waals surface area contributed by atoms with Crippen molar-refractivity contribution in [2.24, 2.45) is 0 Å². The van der Waals surface area contributed by atoms with E-state index in [-0.39, 0.29) is 0 Å². The maximum absolute atomic E-state index is 4.33. The molecule has 0 amide bonds. The zero-order valence-electron chi connectivity index (χ0n) is 10.5. The summed E-state index contributed by atoms with van der Waals surface area (Å²) in [7, 11) is 0. The van der Waals surface area contributed by atoms with Gasteiger partial charge >= 0.3 is 0 Å². The van der Waals surface area contributed by atoms with Gasteiger partial charge in [-0.25, -0.2) is 0 Å². The molecule has 0 spiro atoms. The highest BCUT2D eigenvalue weighted by Crippen LogP contribution is 2.22. The number of piperazine rings is 1. The number of likely N-dealkylation sites (N-methyl/N-ethyl adjacent to an activating group) is 1. The summed E-state index contributed by atoms with van der Waals surface area (Å²) in [4.78, 5) is 5.11. The number of nitrogens with one attached hydrogen (secondary N) is 1. The Morgan fingerprint density at radius 3 is 2.75 bits per heavy atom. The second-order valence-corrected chi connectivity index (χ2v) is 4.97. The summed E-state index contributed by atoms with van der Waals surface area (Å²) in [5.74, 6) is 0. The van der Waals surface area contributed by atoms with Crippen molar-refractivity contribution < 1.29 is 0 Å². The molecule has 3 nitrogen and oxygen atoms in total. The van der Waals surface area contributed by atoms with Crippen molar-refractivity contribution in [3.63, 3.8) is 0 Å². The molecular formula is C13H25N3. The molecule has 2 aliphatic heterocycles. The standard InChI is InChI=1S/C13H25N3/c1-3-16-8-4-5-13(16)12(2)11-15-9-6-14-7-10-15/h13-14H,2-11H2,1H3. The van der Waals surface area contributed by atoms with Gasteiger partial charge in [-0.15, -0.1) is 0 Å². The summed E-state index contributed by atoms with van der Waals surface area (Å²) in [6, 6.07) is 0.653. The fourth-order valence-electron chi connectivity index (χ4n) is 2.93. The van der Waals surface area contributed by atoms with E-state index in [1.54, 1.807) is 0 Å². The van der Waals surface area contributed by atoms with E-state index in [9.17, 15) is 0 Å². The lowest BCUT2D eigenvalue weighted by Gasteiger charge is -2.31. The molecule has 0 aromatic heterocycles. The van der Waals surface area contributed by atoms with Crippen molar-refractivity contribution in [2.45, 2.75) is 25.8 Å². The van der Waals surface area contributed by atoms with Crippen LogP contribution in [-0.4, -0.2) is 61.7 Å². The van der Waals surface area contributed by atoms with Crippen molar-refractivity contribution in [3.8, 4) is 0 Å². The van der Waals surface area contributed by atoms with Gasteiger partial charge in [0, 0.05) is 38.8 Å². The Hall–Kier alpha value is -0.380. The first-order valence-corrected chi connectivity index (χ1v) is 6.66. The fourth-order valence-corrected chi connectivity index (χ4v) is 2.93. The van der Waals surface area contributed by atoms with Gasteiger partial charge in [0.25, 0.3) is 0 Å². The molecule has 0 aliphatic carbocycles. The van der Waals surface area contributed by atoms with Gasteiger partial charge in [-0.1, -0.05) is 13.5 Å². The first-order chi connectivity index (χ1) is 7.81. The van der Waals surface area contributed by atoms with Crippen molar-refractivity contribution in [1.29, 1.82) is 0 Å². The maximum atomic E-state index is 4.33. The molecule has 0 aromatic carbocycles. The van der Waals surface area contributed by atoms with Gasteiger partial charge in [0.1, 0.15) is 0 Å². The van der Waals surface area contributed by atoms with Gasteiger partial charge in [0.2, 0.25) is 0 Å². The Balaban J connectivity index is 1.82. The molecule has 3 heteroatoms. The van der Waals surface area contributed by atoms with Crippen LogP contribution in [-0.2, 0) is 0 Å².